The monoisotopic (exact) mass is 439 g/mol. The van der Waals surface area contributed by atoms with Crippen LogP contribution in [0.3, 0.4) is 0 Å². The number of hydrogen-bond donors (Lipinski definition) is 1. The summed E-state index contributed by atoms with van der Waals surface area (Å²) in [7, 11) is 0. The van der Waals surface area contributed by atoms with Crippen LogP contribution in [0.2, 0.25) is 0 Å². The van der Waals surface area contributed by atoms with E-state index in [-0.39, 0.29) is 5.78 Å². The molecule has 2 aromatic heterocycles. The van der Waals surface area contributed by atoms with E-state index in [1.807, 2.05) is 37.3 Å². The van der Waals surface area contributed by atoms with Crippen molar-refractivity contribution in [3.8, 4) is 33.8 Å². The van der Waals surface area contributed by atoms with Gasteiger partial charge in [-0.05, 0) is 72.1 Å². The molecule has 0 aliphatic carbocycles. The van der Waals surface area contributed by atoms with Gasteiger partial charge < -0.3 is 4.42 Å². The Morgan fingerprint density at radius 1 is 0.906 bits per heavy atom. The number of hydrogen-bond acceptors (Lipinski definition) is 5. The highest BCUT2D eigenvalue weighted by Gasteiger charge is 2.13. The number of ketones is 1. The molecule has 0 fully saturated rings. The first-order chi connectivity index (χ1) is 15.5. The Balaban J connectivity index is 1.61. The third kappa shape index (κ3) is 4.22. The standard InChI is InChI=1S/C26H21N3O2S/c1-16(30)15-32-26-27-25(28-29-26)23-13-21(12-22(14-23)24-10-7-17(2)31-24)20-9-8-18-5-3-4-6-19(18)11-20/h3-14H,15H2,1-2H3,(H,27,28,29). The molecule has 5 nitrogen and oxygen atoms in total. The maximum atomic E-state index is 11.3. The van der Waals surface area contributed by atoms with Crippen LogP contribution < -0.4 is 0 Å². The van der Waals surface area contributed by atoms with Crippen molar-refractivity contribution in [3.05, 3.63) is 78.6 Å². The molecular weight excluding hydrogens is 418 g/mol. The van der Waals surface area contributed by atoms with Crippen LogP contribution in [0, 0.1) is 6.92 Å². The van der Waals surface area contributed by atoms with Gasteiger partial charge in [-0.25, -0.2) is 4.98 Å². The van der Waals surface area contributed by atoms with Crippen molar-refractivity contribution < 1.29 is 9.21 Å². The highest BCUT2D eigenvalue weighted by Crippen LogP contribution is 2.34. The molecule has 32 heavy (non-hydrogen) atoms. The van der Waals surface area contributed by atoms with Crippen molar-refractivity contribution in [3.63, 3.8) is 0 Å². The fraction of sp³-hybridized carbons (Fsp3) is 0.115. The number of rotatable bonds is 6. The summed E-state index contributed by atoms with van der Waals surface area (Å²) < 4.78 is 5.90. The molecule has 5 rings (SSSR count). The molecule has 1 N–H and O–H groups in total. The third-order valence-electron chi connectivity index (χ3n) is 5.18. The van der Waals surface area contributed by atoms with Crippen LogP contribution >= 0.6 is 11.8 Å². The lowest BCUT2D eigenvalue weighted by atomic mass is 9.96. The van der Waals surface area contributed by atoms with Crippen LogP contribution in [-0.2, 0) is 4.79 Å². The summed E-state index contributed by atoms with van der Waals surface area (Å²) in [4.78, 5) is 15.9. The Morgan fingerprint density at radius 2 is 1.69 bits per heavy atom. The first-order valence-electron chi connectivity index (χ1n) is 10.3. The normalized spacial score (nSPS) is 11.2. The number of furan rings is 1. The fourth-order valence-corrected chi connectivity index (χ4v) is 4.24. The van der Waals surface area contributed by atoms with Crippen molar-refractivity contribution in [2.45, 2.75) is 19.0 Å². The Bertz CT molecular complexity index is 1430. The van der Waals surface area contributed by atoms with Gasteiger partial charge in [0.1, 0.15) is 17.3 Å². The Morgan fingerprint density at radius 3 is 2.47 bits per heavy atom. The van der Waals surface area contributed by atoms with Crippen LogP contribution in [0.15, 0.2) is 82.4 Å². The van der Waals surface area contributed by atoms with E-state index in [1.165, 1.54) is 22.5 Å². The van der Waals surface area contributed by atoms with Crippen LogP contribution in [0.25, 0.3) is 44.6 Å². The van der Waals surface area contributed by atoms with Crippen molar-refractivity contribution in [2.75, 3.05) is 5.75 Å². The second kappa shape index (κ2) is 8.48. The first-order valence-corrected chi connectivity index (χ1v) is 11.3. The Kier molecular flexibility index (Phi) is 5.37. The number of Topliss-reactive ketones (excluding diaryl/α,β-unsaturated/α-hetero) is 1. The molecule has 0 radical (unpaired) electrons. The predicted octanol–water partition coefficient (Wildman–Crippen LogP) is 6.54. The summed E-state index contributed by atoms with van der Waals surface area (Å²) in [6.07, 6.45) is 0. The average Bonchev–Trinajstić information content (AvgIpc) is 3.46. The maximum Gasteiger partial charge on any atom is 0.209 e. The SMILES string of the molecule is CC(=O)CSc1n[nH]c(-c2cc(-c3ccc4ccccc4c3)cc(-c3ccc(C)o3)c2)n1. The Labute approximate surface area is 189 Å². The van der Waals surface area contributed by atoms with E-state index in [1.54, 1.807) is 6.92 Å². The van der Waals surface area contributed by atoms with Crippen molar-refractivity contribution in [1.82, 2.24) is 15.2 Å². The molecule has 0 unspecified atom stereocenters. The highest BCUT2D eigenvalue weighted by molar-refractivity contribution is 7.99. The molecule has 0 aliphatic heterocycles. The molecule has 0 saturated carbocycles. The van der Waals surface area contributed by atoms with Gasteiger partial charge in [0.25, 0.3) is 0 Å². The van der Waals surface area contributed by atoms with Gasteiger partial charge in [0.2, 0.25) is 5.16 Å². The molecule has 5 aromatic rings. The number of aromatic amines is 1. The number of benzene rings is 3. The van der Waals surface area contributed by atoms with E-state index in [0.717, 1.165) is 33.8 Å². The fourth-order valence-electron chi connectivity index (χ4n) is 3.64. The van der Waals surface area contributed by atoms with E-state index in [2.05, 4.69) is 57.6 Å². The molecule has 158 valence electrons. The Hall–Kier alpha value is -3.64. The zero-order valence-corrected chi connectivity index (χ0v) is 18.6. The van der Waals surface area contributed by atoms with E-state index < -0.39 is 0 Å². The summed E-state index contributed by atoms with van der Waals surface area (Å²) >= 11 is 1.33. The smallest absolute Gasteiger partial charge is 0.209 e. The molecule has 2 heterocycles. The molecule has 3 aromatic carbocycles. The molecule has 6 heteroatoms. The molecular formula is C26H21N3O2S. The summed E-state index contributed by atoms with van der Waals surface area (Å²) in [5.74, 6) is 2.77. The summed E-state index contributed by atoms with van der Waals surface area (Å²) in [6.45, 7) is 3.50. The number of H-pyrrole nitrogens is 1. The van der Waals surface area contributed by atoms with Crippen LogP contribution in [0.1, 0.15) is 12.7 Å². The zero-order valence-electron chi connectivity index (χ0n) is 17.8. The van der Waals surface area contributed by atoms with E-state index in [0.29, 0.717) is 16.7 Å². The zero-order chi connectivity index (χ0) is 22.1. The largest absolute Gasteiger partial charge is 0.461 e. The summed E-state index contributed by atoms with van der Waals surface area (Å²) in [5, 5.41) is 10.2. The van der Waals surface area contributed by atoms with Crippen molar-refractivity contribution in [1.29, 1.82) is 0 Å². The van der Waals surface area contributed by atoms with Gasteiger partial charge in [0, 0.05) is 11.1 Å². The van der Waals surface area contributed by atoms with Crippen LogP contribution in [0.5, 0.6) is 0 Å². The molecule has 0 bridgehead atoms. The van der Waals surface area contributed by atoms with E-state index in [4.69, 9.17) is 4.42 Å². The first kappa shape index (κ1) is 20.3. The number of carbonyl (C=O) groups excluding carboxylic acids is 1. The van der Waals surface area contributed by atoms with Gasteiger partial charge in [-0.15, -0.1) is 5.10 Å². The van der Waals surface area contributed by atoms with Crippen LogP contribution in [0.4, 0.5) is 0 Å². The van der Waals surface area contributed by atoms with Gasteiger partial charge in [0.15, 0.2) is 5.82 Å². The molecule has 0 spiro atoms. The summed E-state index contributed by atoms with van der Waals surface area (Å²) in [5.41, 5.74) is 4.04. The lowest BCUT2D eigenvalue weighted by Gasteiger charge is -2.09. The highest BCUT2D eigenvalue weighted by atomic mass is 32.2. The van der Waals surface area contributed by atoms with Gasteiger partial charge in [-0.3, -0.25) is 9.89 Å². The lowest BCUT2D eigenvalue weighted by Crippen LogP contribution is -1.93. The third-order valence-corrected chi connectivity index (χ3v) is 6.18. The second-order valence-corrected chi connectivity index (χ2v) is 8.67. The van der Waals surface area contributed by atoms with Gasteiger partial charge in [-0.2, -0.15) is 0 Å². The maximum absolute atomic E-state index is 11.3. The van der Waals surface area contributed by atoms with Crippen LogP contribution in [-0.4, -0.2) is 26.7 Å². The number of thioether (sulfide) groups is 1. The number of nitrogens with one attached hydrogen (secondary N) is 1. The number of aromatic nitrogens is 3. The molecule has 0 aliphatic rings. The molecule has 0 atom stereocenters. The number of aryl methyl sites for hydroxylation is 1. The molecule has 0 saturated heterocycles. The average molecular weight is 440 g/mol. The molecule has 0 amide bonds. The quantitative estimate of drug-likeness (QED) is 0.304. The van der Waals surface area contributed by atoms with E-state index >= 15 is 0 Å². The summed E-state index contributed by atoms with van der Waals surface area (Å²) in [6, 6.07) is 25.0. The number of nitrogens with zero attached hydrogens (tertiary/aromatic N) is 2. The lowest BCUT2D eigenvalue weighted by molar-refractivity contribution is -0.114. The van der Waals surface area contributed by atoms with E-state index in [9.17, 15) is 4.79 Å². The number of fused-ring (bicyclic) bond motifs is 1. The van der Waals surface area contributed by atoms with Crippen molar-refractivity contribution >= 4 is 28.3 Å². The van der Waals surface area contributed by atoms with Crippen molar-refractivity contribution in [2.24, 2.45) is 0 Å². The van der Waals surface area contributed by atoms with Gasteiger partial charge >= 0.3 is 0 Å². The minimum atomic E-state index is 0.0927. The minimum Gasteiger partial charge on any atom is -0.461 e. The predicted molar refractivity (Wildman–Crippen MR) is 129 cm³/mol. The number of carbonyl (C=O) groups is 1. The topological polar surface area (TPSA) is 71.8 Å². The van der Waals surface area contributed by atoms with Gasteiger partial charge in [-0.1, -0.05) is 48.2 Å². The minimum absolute atomic E-state index is 0.0927. The second-order valence-electron chi connectivity index (χ2n) is 7.73. The van der Waals surface area contributed by atoms with Gasteiger partial charge in [0.05, 0.1) is 5.75 Å².